The molecular weight excluding hydrogens is 232 g/mol. The third kappa shape index (κ3) is 1.73. The van der Waals surface area contributed by atoms with E-state index in [0.29, 0.717) is 17.4 Å². The van der Waals surface area contributed by atoms with Crippen LogP contribution in [0.2, 0.25) is 0 Å². The molecule has 6 heteroatoms. The van der Waals surface area contributed by atoms with Crippen molar-refractivity contribution in [3.05, 3.63) is 18.0 Å². The molecule has 2 heterocycles. The average Bonchev–Trinajstić information content (AvgIpc) is 3.08. The van der Waals surface area contributed by atoms with Crippen LogP contribution in [0.15, 0.2) is 15.3 Å². The molecule has 0 unspecified atom stereocenters. The monoisotopic (exact) mass is 248 g/mol. The van der Waals surface area contributed by atoms with Crippen molar-refractivity contribution < 1.29 is 8.94 Å². The molecule has 96 valence electrons. The van der Waals surface area contributed by atoms with E-state index in [9.17, 15) is 0 Å². The lowest BCUT2D eigenvalue weighted by Gasteiger charge is -2.17. The van der Waals surface area contributed by atoms with Gasteiger partial charge in [-0.3, -0.25) is 0 Å². The smallest absolute Gasteiger partial charge is 0.280 e. The van der Waals surface area contributed by atoms with Gasteiger partial charge in [-0.05, 0) is 12.8 Å². The maximum absolute atomic E-state index is 6.29. The third-order valence-electron chi connectivity index (χ3n) is 3.53. The van der Waals surface area contributed by atoms with Gasteiger partial charge in [-0.1, -0.05) is 24.9 Å². The first-order valence-electron chi connectivity index (χ1n) is 6.29. The standard InChI is InChI=1S/C12H16N4O2/c1-2-8-9(14-7-17-8)10-15-11(16-18-10)12(13)5-3-4-6-12/h7H,2-6,13H2,1H3. The number of nitrogens with zero attached hydrogens (tertiary/aromatic N) is 3. The zero-order valence-corrected chi connectivity index (χ0v) is 10.3. The van der Waals surface area contributed by atoms with Gasteiger partial charge in [0.15, 0.2) is 17.9 Å². The largest absolute Gasteiger partial charge is 0.448 e. The van der Waals surface area contributed by atoms with Gasteiger partial charge in [0.2, 0.25) is 0 Å². The first-order valence-corrected chi connectivity index (χ1v) is 6.29. The second kappa shape index (κ2) is 4.20. The van der Waals surface area contributed by atoms with Crippen LogP contribution in [0.5, 0.6) is 0 Å². The zero-order valence-electron chi connectivity index (χ0n) is 10.3. The van der Waals surface area contributed by atoms with E-state index in [2.05, 4.69) is 15.1 Å². The fourth-order valence-electron chi connectivity index (χ4n) is 2.45. The molecule has 2 aromatic rings. The van der Waals surface area contributed by atoms with Crippen LogP contribution in [0.1, 0.15) is 44.2 Å². The van der Waals surface area contributed by atoms with Crippen LogP contribution in [0, 0.1) is 0 Å². The molecule has 0 spiro atoms. The molecule has 0 aromatic carbocycles. The Morgan fingerprint density at radius 3 is 2.89 bits per heavy atom. The summed E-state index contributed by atoms with van der Waals surface area (Å²) >= 11 is 0. The molecule has 18 heavy (non-hydrogen) atoms. The number of hydrogen-bond acceptors (Lipinski definition) is 6. The summed E-state index contributed by atoms with van der Waals surface area (Å²) in [7, 11) is 0. The molecule has 2 aromatic heterocycles. The van der Waals surface area contributed by atoms with E-state index in [4.69, 9.17) is 14.7 Å². The highest BCUT2D eigenvalue weighted by Gasteiger charge is 2.36. The summed E-state index contributed by atoms with van der Waals surface area (Å²) in [6.45, 7) is 1.99. The zero-order chi connectivity index (χ0) is 12.6. The molecule has 0 amide bonds. The van der Waals surface area contributed by atoms with Crippen molar-refractivity contribution in [3.63, 3.8) is 0 Å². The van der Waals surface area contributed by atoms with Gasteiger partial charge in [-0.25, -0.2) is 4.98 Å². The summed E-state index contributed by atoms with van der Waals surface area (Å²) in [6.07, 6.45) is 6.18. The second-order valence-electron chi connectivity index (χ2n) is 4.76. The predicted octanol–water partition coefficient (Wildman–Crippen LogP) is 2.01. The first kappa shape index (κ1) is 11.4. The van der Waals surface area contributed by atoms with E-state index in [1.807, 2.05) is 6.92 Å². The van der Waals surface area contributed by atoms with Gasteiger partial charge in [0.1, 0.15) is 5.76 Å². The Balaban J connectivity index is 1.94. The highest BCUT2D eigenvalue weighted by atomic mass is 16.5. The topological polar surface area (TPSA) is 91.0 Å². The Morgan fingerprint density at radius 2 is 2.17 bits per heavy atom. The molecule has 0 aliphatic heterocycles. The number of nitrogens with two attached hydrogens (primary N) is 1. The molecule has 0 radical (unpaired) electrons. The Kier molecular flexibility index (Phi) is 2.66. The number of aromatic nitrogens is 3. The van der Waals surface area contributed by atoms with E-state index in [1.165, 1.54) is 6.39 Å². The van der Waals surface area contributed by atoms with E-state index in [-0.39, 0.29) is 0 Å². The van der Waals surface area contributed by atoms with Crippen LogP contribution in [0.3, 0.4) is 0 Å². The number of hydrogen-bond donors (Lipinski definition) is 1. The van der Waals surface area contributed by atoms with Gasteiger partial charge in [-0.2, -0.15) is 4.98 Å². The van der Waals surface area contributed by atoms with Gasteiger partial charge < -0.3 is 14.7 Å². The van der Waals surface area contributed by atoms with Gasteiger partial charge in [0.25, 0.3) is 5.89 Å². The highest BCUT2D eigenvalue weighted by Crippen LogP contribution is 2.35. The average molecular weight is 248 g/mol. The van der Waals surface area contributed by atoms with Crippen LogP contribution in [-0.2, 0) is 12.0 Å². The molecule has 0 bridgehead atoms. The Bertz CT molecular complexity index is 540. The predicted molar refractivity (Wildman–Crippen MR) is 63.5 cm³/mol. The van der Waals surface area contributed by atoms with Crippen molar-refractivity contribution in [2.24, 2.45) is 5.73 Å². The molecule has 1 saturated carbocycles. The Morgan fingerprint density at radius 1 is 1.39 bits per heavy atom. The van der Waals surface area contributed by atoms with Crippen LogP contribution in [-0.4, -0.2) is 15.1 Å². The van der Waals surface area contributed by atoms with Crippen molar-refractivity contribution in [1.29, 1.82) is 0 Å². The van der Waals surface area contributed by atoms with Gasteiger partial charge >= 0.3 is 0 Å². The van der Waals surface area contributed by atoms with Crippen molar-refractivity contribution >= 4 is 0 Å². The van der Waals surface area contributed by atoms with Crippen molar-refractivity contribution in [2.75, 3.05) is 0 Å². The number of rotatable bonds is 3. The lowest BCUT2D eigenvalue weighted by atomic mass is 9.99. The van der Waals surface area contributed by atoms with Gasteiger partial charge in [0.05, 0.1) is 5.54 Å². The lowest BCUT2D eigenvalue weighted by molar-refractivity contribution is 0.372. The molecule has 1 aliphatic carbocycles. The summed E-state index contributed by atoms with van der Waals surface area (Å²) in [4.78, 5) is 8.51. The molecule has 2 N–H and O–H groups in total. The van der Waals surface area contributed by atoms with E-state index in [0.717, 1.165) is 37.9 Å². The maximum atomic E-state index is 6.29. The molecule has 1 aliphatic rings. The van der Waals surface area contributed by atoms with Crippen molar-refractivity contribution in [1.82, 2.24) is 15.1 Å². The van der Waals surface area contributed by atoms with Crippen molar-refractivity contribution in [3.8, 4) is 11.6 Å². The number of oxazole rings is 1. The van der Waals surface area contributed by atoms with E-state index >= 15 is 0 Å². The Hall–Kier alpha value is -1.69. The fraction of sp³-hybridized carbons (Fsp3) is 0.583. The minimum atomic E-state index is -0.433. The minimum Gasteiger partial charge on any atom is -0.448 e. The molecule has 6 nitrogen and oxygen atoms in total. The van der Waals surface area contributed by atoms with Crippen LogP contribution >= 0.6 is 0 Å². The number of aryl methyl sites for hydroxylation is 1. The van der Waals surface area contributed by atoms with Crippen LogP contribution in [0.25, 0.3) is 11.6 Å². The molecule has 0 atom stereocenters. The van der Waals surface area contributed by atoms with Gasteiger partial charge in [-0.15, -0.1) is 0 Å². The van der Waals surface area contributed by atoms with E-state index < -0.39 is 5.54 Å². The van der Waals surface area contributed by atoms with Gasteiger partial charge in [0, 0.05) is 6.42 Å². The third-order valence-corrected chi connectivity index (χ3v) is 3.53. The van der Waals surface area contributed by atoms with Crippen LogP contribution in [0.4, 0.5) is 0 Å². The maximum Gasteiger partial charge on any atom is 0.280 e. The molecular formula is C12H16N4O2. The van der Waals surface area contributed by atoms with Crippen molar-refractivity contribution in [2.45, 2.75) is 44.6 Å². The first-order chi connectivity index (χ1) is 8.73. The summed E-state index contributed by atoms with van der Waals surface area (Å²) in [6, 6.07) is 0. The molecule has 1 fully saturated rings. The summed E-state index contributed by atoms with van der Waals surface area (Å²) in [5, 5.41) is 4.01. The normalized spacial score (nSPS) is 18.3. The summed E-state index contributed by atoms with van der Waals surface area (Å²) in [5.74, 6) is 1.73. The summed E-state index contributed by atoms with van der Waals surface area (Å²) < 4.78 is 10.5. The summed E-state index contributed by atoms with van der Waals surface area (Å²) in [5.41, 5.74) is 6.48. The van der Waals surface area contributed by atoms with Crippen LogP contribution < -0.4 is 5.73 Å². The second-order valence-corrected chi connectivity index (χ2v) is 4.76. The lowest BCUT2D eigenvalue weighted by Crippen LogP contribution is -2.34. The highest BCUT2D eigenvalue weighted by molar-refractivity contribution is 5.49. The molecule has 0 saturated heterocycles. The minimum absolute atomic E-state index is 0.396. The molecule has 3 rings (SSSR count). The van der Waals surface area contributed by atoms with E-state index in [1.54, 1.807) is 0 Å². The Labute approximate surface area is 105 Å². The SMILES string of the molecule is CCc1ocnc1-c1nc(C2(N)CCCC2)no1. The fourth-order valence-corrected chi connectivity index (χ4v) is 2.45. The quantitative estimate of drug-likeness (QED) is 0.893.